The van der Waals surface area contributed by atoms with Crippen molar-refractivity contribution in [3.8, 4) is 0 Å². The van der Waals surface area contributed by atoms with E-state index in [1.54, 1.807) is 0 Å². The van der Waals surface area contributed by atoms with Crippen molar-refractivity contribution in [1.29, 1.82) is 0 Å². The number of hydrogen-bond acceptors (Lipinski definition) is 4. The zero-order valence-corrected chi connectivity index (χ0v) is 9.75. The Bertz CT molecular complexity index is 392. The molecule has 92 valence electrons. The SMILES string of the molecule is CC(C)CC(NC(=O)c1cncnc1)C(=O)O. The summed E-state index contributed by atoms with van der Waals surface area (Å²) >= 11 is 0. The molecule has 6 heteroatoms. The molecule has 0 aromatic carbocycles. The molecule has 1 amide bonds. The van der Waals surface area contributed by atoms with Gasteiger partial charge in [0.15, 0.2) is 0 Å². The number of nitrogens with one attached hydrogen (secondary N) is 1. The Labute approximate surface area is 99.1 Å². The smallest absolute Gasteiger partial charge is 0.326 e. The third-order valence-corrected chi connectivity index (χ3v) is 2.13. The number of hydrogen-bond donors (Lipinski definition) is 2. The minimum Gasteiger partial charge on any atom is -0.480 e. The van der Waals surface area contributed by atoms with Gasteiger partial charge in [-0.15, -0.1) is 0 Å². The summed E-state index contributed by atoms with van der Waals surface area (Å²) in [6.45, 7) is 3.79. The molecule has 0 radical (unpaired) electrons. The van der Waals surface area contributed by atoms with E-state index >= 15 is 0 Å². The first kappa shape index (κ1) is 13.1. The monoisotopic (exact) mass is 237 g/mol. The van der Waals surface area contributed by atoms with Gasteiger partial charge in [0.1, 0.15) is 12.4 Å². The second kappa shape index (κ2) is 5.93. The average Bonchev–Trinajstić information content (AvgIpc) is 2.28. The van der Waals surface area contributed by atoms with Gasteiger partial charge in [-0.1, -0.05) is 13.8 Å². The molecule has 0 aliphatic rings. The summed E-state index contributed by atoms with van der Waals surface area (Å²) in [6.07, 6.45) is 4.38. The largest absolute Gasteiger partial charge is 0.480 e. The van der Waals surface area contributed by atoms with E-state index in [1.807, 2.05) is 13.8 Å². The van der Waals surface area contributed by atoms with Crippen molar-refractivity contribution in [2.75, 3.05) is 0 Å². The molecule has 1 aromatic rings. The summed E-state index contributed by atoms with van der Waals surface area (Å²) < 4.78 is 0. The highest BCUT2D eigenvalue weighted by atomic mass is 16.4. The van der Waals surface area contributed by atoms with Crippen LogP contribution in [0.1, 0.15) is 30.6 Å². The topological polar surface area (TPSA) is 92.2 Å². The molecule has 0 spiro atoms. The number of carbonyl (C=O) groups excluding carboxylic acids is 1. The lowest BCUT2D eigenvalue weighted by molar-refractivity contribution is -0.139. The van der Waals surface area contributed by atoms with E-state index in [1.165, 1.54) is 18.7 Å². The van der Waals surface area contributed by atoms with Gasteiger partial charge in [0.25, 0.3) is 5.91 Å². The quantitative estimate of drug-likeness (QED) is 0.786. The molecule has 0 aliphatic carbocycles. The fourth-order valence-electron chi connectivity index (χ4n) is 1.35. The van der Waals surface area contributed by atoms with E-state index in [-0.39, 0.29) is 11.5 Å². The number of amides is 1. The fourth-order valence-corrected chi connectivity index (χ4v) is 1.35. The molecular weight excluding hydrogens is 222 g/mol. The van der Waals surface area contributed by atoms with Crippen LogP contribution in [0.2, 0.25) is 0 Å². The zero-order valence-electron chi connectivity index (χ0n) is 9.75. The summed E-state index contributed by atoms with van der Waals surface area (Å²) in [5, 5.41) is 11.4. The molecule has 0 bridgehead atoms. The lowest BCUT2D eigenvalue weighted by atomic mass is 10.0. The van der Waals surface area contributed by atoms with Gasteiger partial charge in [-0.25, -0.2) is 14.8 Å². The third kappa shape index (κ3) is 4.18. The highest BCUT2D eigenvalue weighted by Crippen LogP contribution is 2.06. The lowest BCUT2D eigenvalue weighted by Gasteiger charge is -2.16. The van der Waals surface area contributed by atoms with Gasteiger partial charge in [0.05, 0.1) is 5.56 Å². The third-order valence-electron chi connectivity index (χ3n) is 2.13. The Hall–Kier alpha value is -1.98. The normalized spacial score (nSPS) is 12.2. The molecule has 1 unspecified atom stereocenters. The van der Waals surface area contributed by atoms with E-state index in [0.717, 1.165) is 0 Å². The van der Waals surface area contributed by atoms with Gasteiger partial charge >= 0.3 is 5.97 Å². The van der Waals surface area contributed by atoms with Gasteiger partial charge in [-0.2, -0.15) is 0 Å². The minimum absolute atomic E-state index is 0.184. The number of rotatable bonds is 5. The summed E-state index contributed by atoms with van der Waals surface area (Å²) in [6, 6.07) is -0.886. The number of carboxylic acids is 1. The van der Waals surface area contributed by atoms with Crippen LogP contribution in [0.15, 0.2) is 18.7 Å². The summed E-state index contributed by atoms with van der Waals surface area (Å²) in [5.74, 6) is -1.33. The van der Waals surface area contributed by atoms with Crippen LogP contribution in [0, 0.1) is 5.92 Å². The van der Waals surface area contributed by atoms with Crippen LogP contribution in [0.25, 0.3) is 0 Å². The second-order valence-corrected chi connectivity index (χ2v) is 4.12. The fraction of sp³-hybridized carbons (Fsp3) is 0.455. The zero-order chi connectivity index (χ0) is 12.8. The van der Waals surface area contributed by atoms with Gasteiger partial charge in [0.2, 0.25) is 0 Å². The molecule has 1 atom stereocenters. The van der Waals surface area contributed by atoms with Crippen LogP contribution < -0.4 is 5.32 Å². The summed E-state index contributed by atoms with van der Waals surface area (Å²) in [5.41, 5.74) is 0.252. The Balaban J connectivity index is 2.68. The number of carbonyl (C=O) groups is 2. The molecule has 1 aromatic heterocycles. The van der Waals surface area contributed by atoms with E-state index < -0.39 is 17.9 Å². The maximum Gasteiger partial charge on any atom is 0.326 e. The van der Waals surface area contributed by atoms with E-state index in [2.05, 4.69) is 15.3 Å². The lowest BCUT2D eigenvalue weighted by Crippen LogP contribution is -2.41. The first-order valence-electron chi connectivity index (χ1n) is 5.29. The minimum atomic E-state index is -1.04. The summed E-state index contributed by atoms with van der Waals surface area (Å²) in [4.78, 5) is 30.0. The Morgan fingerprint density at radius 2 is 1.94 bits per heavy atom. The van der Waals surface area contributed by atoms with Crippen molar-refractivity contribution >= 4 is 11.9 Å². The van der Waals surface area contributed by atoms with Crippen LogP contribution >= 0.6 is 0 Å². The summed E-state index contributed by atoms with van der Waals surface area (Å²) in [7, 11) is 0. The molecular formula is C11H15N3O3. The van der Waals surface area contributed by atoms with Crippen LogP contribution in [0.4, 0.5) is 0 Å². The van der Waals surface area contributed by atoms with Crippen LogP contribution in [-0.2, 0) is 4.79 Å². The van der Waals surface area contributed by atoms with Crippen molar-refractivity contribution in [1.82, 2.24) is 15.3 Å². The van der Waals surface area contributed by atoms with E-state index in [4.69, 9.17) is 5.11 Å². The van der Waals surface area contributed by atoms with Crippen LogP contribution in [0.3, 0.4) is 0 Å². The van der Waals surface area contributed by atoms with Crippen molar-refractivity contribution in [3.63, 3.8) is 0 Å². The highest BCUT2D eigenvalue weighted by Gasteiger charge is 2.21. The van der Waals surface area contributed by atoms with Crippen molar-refractivity contribution in [3.05, 3.63) is 24.3 Å². The predicted octanol–water partition coefficient (Wildman–Crippen LogP) is 0.706. The van der Waals surface area contributed by atoms with Crippen molar-refractivity contribution in [2.24, 2.45) is 5.92 Å². The number of aromatic nitrogens is 2. The van der Waals surface area contributed by atoms with Gasteiger partial charge in [-0.05, 0) is 12.3 Å². The molecule has 0 saturated heterocycles. The second-order valence-electron chi connectivity index (χ2n) is 4.12. The van der Waals surface area contributed by atoms with E-state index in [9.17, 15) is 9.59 Å². The van der Waals surface area contributed by atoms with Gasteiger partial charge < -0.3 is 10.4 Å². The van der Waals surface area contributed by atoms with E-state index in [0.29, 0.717) is 6.42 Å². The van der Waals surface area contributed by atoms with Crippen molar-refractivity contribution < 1.29 is 14.7 Å². The molecule has 0 fully saturated rings. The molecule has 0 aliphatic heterocycles. The van der Waals surface area contributed by atoms with Crippen LogP contribution in [0.5, 0.6) is 0 Å². The molecule has 1 rings (SSSR count). The highest BCUT2D eigenvalue weighted by molar-refractivity contribution is 5.96. The van der Waals surface area contributed by atoms with Gasteiger partial charge in [-0.3, -0.25) is 4.79 Å². The Kier molecular flexibility index (Phi) is 4.56. The number of nitrogens with zero attached hydrogens (tertiary/aromatic N) is 2. The molecule has 0 saturated carbocycles. The molecule has 6 nitrogen and oxygen atoms in total. The standard InChI is InChI=1S/C11H15N3O3/c1-7(2)3-9(11(16)17)14-10(15)8-4-12-6-13-5-8/h4-7,9H,3H2,1-2H3,(H,14,15)(H,16,17). The maximum atomic E-state index is 11.7. The first-order valence-corrected chi connectivity index (χ1v) is 5.29. The number of carboxylic acid groups (broad SMARTS) is 1. The number of aliphatic carboxylic acids is 1. The predicted molar refractivity (Wildman–Crippen MR) is 60.4 cm³/mol. The molecule has 17 heavy (non-hydrogen) atoms. The Morgan fingerprint density at radius 3 is 2.41 bits per heavy atom. The molecule has 1 heterocycles. The maximum absolute atomic E-state index is 11.7. The molecule has 2 N–H and O–H groups in total. The first-order chi connectivity index (χ1) is 8.00. The Morgan fingerprint density at radius 1 is 1.35 bits per heavy atom. The van der Waals surface area contributed by atoms with Crippen LogP contribution in [-0.4, -0.2) is 33.0 Å². The average molecular weight is 237 g/mol. The van der Waals surface area contributed by atoms with Crippen molar-refractivity contribution in [2.45, 2.75) is 26.3 Å². The van der Waals surface area contributed by atoms with Gasteiger partial charge in [0, 0.05) is 12.4 Å².